The van der Waals surface area contributed by atoms with Gasteiger partial charge >= 0.3 is 0 Å². The monoisotopic (exact) mass is 269 g/mol. The van der Waals surface area contributed by atoms with Crippen molar-refractivity contribution in [3.8, 4) is 0 Å². The zero-order valence-electron chi connectivity index (χ0n) is 11.2. The van der Waals surface area contributed by atoms with Gasteiger partial charge in [-0.1, -0.05) is 26.2 Å². The van der Waals surface area contributed by atoms with Crippen LogP contribution in [0.25, 0.3) is 0 Å². The van der Waals surface area contributed by atoms with Crippen LogP contribution in [0, 0.1) is 0 Å². The molecule has 0 spiro atoms. The van der Waals surface area contributed by atoms with Crippen LogP contribution in [-0.2, 0) is 6.54 Å². The van der Waals surface area contributed by atoms with E-state index in [0.29, 0.717) is 18.0 Å². The highest BCUT2D eigenvalue weighted by molar-refractivity contribution is 6.18. The Morgan fingerprint density at radius 2 is 2.22 bits per heavy atom. The highest BCUT2D eigenvalue weighted by atomic mass is 35.5. The molecule has 1 unspecified atom stereocenters. The average molecular weight is 270 g/mol. The fourth-order valence-electron chi connectivity index (χ4n) is 2.58. The summed E-state index contributed by atoms with van der Waals surface area (Å²) in [6.07, 6.45) is 9.85. The molecule has 102 valence electrons. The van der Waals surface area contributed by atoms with Gasteiger partial charge in [-0.05, 0) is 25.3 Å². The van der Waals surface area contributed by atoms with E-state index in [-0.39, 0.29) is 0 Å². The maximum Gasteiger partial charge on any atom is 0.0762 e. The van der Waals surface area contributed by atoms with E-state index in [1.54, 1.807) is 0 Å². The van der Waals surface area contributed by atoms with Gasteiger partial charge in [0.05, 0.1) is 11.7 Å². The van der Waals surface area contributed by atoms with Gasteiger partial charge < -0.3 is 5.32 Å². The normalized spacial score (nSPS) is 19.0. The second-order valence-electron chi connectivity index (χ2n) is 5.22. The number of hydrogen-bond donors (Lipinski definition) is 1. The maximum absolute atomic E-state index is 5.87. The molecule has 3 nitrogen and oxygen atoms in total. The Bertz CT molecular complexity index is 341. The molecule has 0 aromatic carbocycles. The van der Waals surface area contributed by atoms with Crippen LogP contribution < -0.4 is 5.32 Å². The van der Waals surface area contributed by atoms with Crippen molar-refractivity contribution in [1.82, 2.24) is 15.1 Å². The molecule has 1 saturated carbocycles. The summed E-state index contributed by atoms with van der Waals surface area (Å²) in [5, 5.41) is 8.13. The average Bonchev–Trinajstić information content (AvgIpc) is 2.90. The Kier molecular flexibility index (Phi) is 5.51. The highest BCUT2D eigenvalue weighted by Crippen LogP contribution is 2.27. The van der Waals surface area contributed by atoms with Gasteiger partial charge in [0.15, 0.2) is 0 Å². The summed E-state index contributed by atoms with van der Waals surface area (Å²) in [7, 11) is 0. The fraction of sp³-hybridized carbons (Fsp3) is 0.786. The van der Waals surface area contributed by atoms with Crippen LogP contribution in [-0.4, -0.2) is 21.7 Å². The van der Waals surface area contributed by atoms with Crippen molar-refractivity contribution in [3.63, 3.8) is 0 Å². The molecule has 1 aromatic heterocycles. The van der Waals surface area contributed by atoms with Gasteiger partial charge in [0.1, 0.15) is 0 Å². The molecule has 0 bridgehead atoms. The van der Waals surface area contributed by atoms with Crippen molar-refractivity contribution in [2.24, 2.45) is 0 Å². The first-order chi connectivity index (χ1) is 8.83. The van der Waals surface area contributed by atoms with Crippen LogP contribution in [0.4, 0.5) is 0 Å². The van der Waals surface area contributed by atoms with Crippen molar-refractivity contribution in [3.05, 3.63) is 18.0 Å². The zero-order chi connectivity index (χ0) is 12.8. The van der Waals surface area contributed by atoms with Crippen molar-refractivity contribution in [1.29, 1.82) is 0 Å². The molecule has 0 radical (unpaired) electrons. The molecule has 1 atom stereocenters. The van der Waals surface area contributed by atoms with Crippen molar-refractivity contribution in [2.75, 3.05) is 5.88 Å². The van der Waals surface area contributed by atoms with E-state index in [9.17, 15) is 0 Å². The quantitative estimate of drug-likeness (QED) is 0.801. The number of nitrogens with one attached hydrogen (secondary N) is 1. The molecule has 1 aliphatic carbocycles. The molecule has 18 heavy (non-hydrogen) atoms. The minimum atomic E-state index is 0.395. The third-order valence-corrected chi connectivity index (χ3v) is 4.24. The summed E-state index contributed by atoms with van der Waals surface area (Å²) in [6.45, 7) is 2.98. The second-order valence-corrected chi connectivity index (χ2v) is 5.53. The lowest BCUT2D eigenvalue weighted by atomic mass is 9.96. The number of rotatable bonds is 6. The van der Waals surface area contributed by atoms with E-state index < -0.39 is 0 Å². The van der Waals surface area contributed by atoms with Gasteiger partial charge in [-0.25, -0.2) is 0 Å². The van der Waals surface area contributed by atoms with Gasteiger partial charge in [0, 0.05) is 24.7 Å². The Balaban J connectivity index is 1.85. The molecular weight excluding hydrogens is 246 g/mol. The van der Waals surface area contributed by atoms with Crippen molar-refractivity contribution in [2.45, 2.75) is 64.1 Å². The van der Waals surface area contributed by atoms with E-state index in [1.807, 2.05) is 0 Å². The summed E-state index contributed by atoms with van der Waals surface area (Å²) in [4.78, 5) is 0. The molecule has 4 heteroatoms. The Morgan fingerprint density at radius 1 is 1.44 bits per heavy atom. The van der Waals surface area contributed by atoms with Gasteiger partial charge in [0.2, 0.25) is 0 Å². The maximum atomic E-state index is 5.87. The van der Waals surface area contributed by atoms with Gasteiger partial charge in [-0.3, -0.25) is 4.68 Å². The minimum absolute atomic E-state index is 0.395. The number of nitrogens with zero attached hydrogens (tertiary/aromatic N) is 2. The number of alkyl halides is 1. The smallest absolute Gasteiger partial charge is 0.0762 e. The summed E-state index contributed by atoms with van der Waals surface area (Å²) in [5.74, 6) is 0.667. The molecule has 1 aromatic rings. The van der Waals surface area contributed by atoms with E-state index >= 15 is 0 Å². The molecule has 2 rings (SSSR count). The minimum Gasteiger partial charge on any atom is -0.307 e. The van der Waals surface area contributed by atoms with Crippen LogP contribution in [0.2, 0.25) is 0 Å². The Morgan fingerprint density at radius 3 is 2.89 bits per heavy atom. The predicted octanol–water partition coefficient (Wildman–Crippen LogP) is 3.50. The fourth-order valence-corrected chi connectivity index (χ4v) is 2.90. The Hall–Kier alpha value is -0.540. The molecule has 0 saturated heterocycles. The standard InChI is InChI=1S/C14H24ClN3/c1-2-12(10-15)16-11-13-8-9-18(17-13)14-6-4-3-5-7-14/h8-9,12,14,16H,2-7,10-11H2,1H3. The van der Waals surface area contributed by atoms with Gasteiger partial charge in [-0.15, -0.1) is 11.6 Å². The van der Waals surface area contributed by atoms with Crippen LogP contribution in [0.1, 0.15) is 57.2 Å². The molecule has 0 aliphatic heterocycles. The highest BCUT2D eigenvalue weighted by Gasteiger charge is 2.16. The third-order valence-electron chi connectivity index (χ3n) is 3.86. The first kappa shape index (κ1) is 13.9. The van der Waals surface area contributed by atoms with Gasteiger partial charge in [-0.2, -0.15) is 5.10 Å². The molecule has 1 fully saturated rings. The molecule has 1 N–H and O–H groups in total. The first-order valence-corrected chi connectivity index (χ1v) is 7.70. The largest absolute Gasteiger partial charge is 0.307 e. The summed E-state index contributed by atoms with van der Waals surface area (Å²) in [6, 6.07) is 3.15. The van der Waals surface area contributed by atoms with E-state index in [1.165, 1.54) is 32.1 Å². The zero-order valence-corrected chi connectivity index (χ0v) is 12.0. The predicted molar refractivity (Wildman–Crippen MR) is 76.0 cm³/mol. The third kappa shape index (κ3) is 3.72. The van der Waals surface area contributed by atoms with E-state index in [2.05, 4.69) is 34.3 Å². The summed E-state index contributed by atoms with van der Waals surface area (Å²) < 4.78 is 2.16. The molecule has 1 heterocycles. The lowest BCUT2D eigenvalue weighted by molar-refractivity contribution is 0.327. The summed E-state index contributed by atoms with van der Waals surface area (Å²) >= 11 is 5.87. The second kappa shape index (κ2) is 7.15. The van der Waals surface area contributed by atoms with E-state index in [0.717, 1.165) is 18.7 Å². The Labute approximate surface area is 115 Å². The van der Waals surface area contributed by atoms with Gasteiger partial charge in [0.25, 0.3) is 0 Å². The van der Waals surface area contributed by atoms with Crippen LogP contribution in [0.3, 0.4) is 0 Å². The lowest BCUT2D eigenvalue weighted by Crippen LogP contribution is -2.29. The summed E-state index contributed by atoms with van der Waals surface area (Å²) in [5.41, 5.74) is 1.13. The van der Waals surface area contributed by atoms with Crippen LogP contribution >= 0.6 is 11.6 Å². The molecule has 0 amide bonds. The lowest BCUT2D eigenvalue weighted by Gasteiger charge is -2.21. The van der Waals surface area contributed by atoms with Crippen molar-refractivity contribution >= 4 is 11.6 Å². The van der Waals surface area contributed by atoms with Crippen LogP contribution in [0.15, 0.2) is 12.3 Å². The van der Waals surface area contributed by atoms with Crippen molar-refractivity contribution < 1.29 is 0 Å². The van der Waals surface area contributed by atoms with Crippen LogP contribution in [0.5, 0.6) is 0 Å². The number of hydrogen-bond acceptors (Lipinski definition) is 2. The van der Waals surface area contributed by atoms with E-state index in [4.69, 9.17) is 11.6 Å². The first-order valence-electron chi connectivity index (χ1n) is 7.17. The molecule has 1 aliphatic rings. The molecular formula is C14H24ClN3. The number of halogens is 1. The topological polar surface area (TPSA) is 29.9 Å². The number of aromatic nitrogens is 2. The SMILES string of the molecule is CCC(CCl)NCc1ccn(C2CCCCC2)n1.